The third kappa shape index (κ3) is 2.93. The normalized spacial score (nSPS) is 12.7. The summed E-state index contributed by atoms with van der Waals surface area (Å²) in [5.74, 6) is 0.762. The van der Waals surface area contributed by atoms with Crippen LogP contribution in [-0.2, 0) is 6.54 Å². The van der Waals surface area contributed by atoms with Gasteiger partial charge < -0.3 is 20.5 Å². The molecule has 0 radical (unpaired) electrons. The number of hydrogen-bond donors (Lipinski definition) is 3. The van der Waals surface area contributed by atoms with E-state index in [9.17, 15) is 10.2 Å². The van der Waals surface area contributed by atoms with E-state index in [1.165, 1.54) is 11.1 Å². The van der Waals surface area contributed by atoms with Crippen LogP contribution < -0.4 is 5.73 Å². The maximum atomic E-state index is 9.91. The van der Waals surface area contributed by atoms with Gasteiger partial charge >= 0.3 is 0 Å². The second kappa shape index (κ2) is 6.02. The molecule has 5 nitrogen and oxygen atoms in total. The fourth-order valence-electron chi connectivity index (χ4n) is 2.69. The first-order chi connectivity index (χ1) is 11.0. The first kappa shape index (κ1) is 15.5. The van der Waals surface area contributed by atoms with Gasteiger partial charge in [0.2, 0.25) is 0 Å². The summed E-state index contributed by atoms with van der Waals surface area (Å²) in [6.45, 7) is 4.11. The Balaban J connectivity index is 2.22. The van der Waals surface area contributed by atoms with Crippen LogP contribution in [0.1, 0.15) is 11.1 Å². The Morgan fingerprint density at radius 2 is 1.78 bits per heavy atom. The lowest BCUT2D eigenvalue weighted by molar-refractivity contribution is 0.0824. The molecule has 1 heterocycles. The van der Waals surface area contributed by atoms with Gasteiger partial charge in [-0.1, -0.05) is 0 Å². The highest BCUT2D eigenvalue weighted by Gasteiger charge is 2.16. The lowest BCUT2D eigenvalue weighted by Crippen LogP contribution is -2.20. The van der Waals surface area contributed by atoms with Crippen molar-refractivity contribution >= 4 is 16.7 Å². The number of rotatable bonds is 4. The van der Waals surface area contributed by atoms with Crippen LogP contribution in [-0.4, -0.2) is 32.5 Å². The van der Waals surface area contributed by atoms with Crippen LogP contribution in [0.4, 0.5) is 5.69 Å². The minimum Gasteiger partial charge on any atom is -0.399 e. The van der Waals surface area contributed by atoms with Crippen LogP contribution in [0.2, 0.25) is 0 Å². The molecule has 1 aromatic heterocycles. The van der Waals surface area contributed by atoms with Gasteiger partial charge in [0, 0.05) is 11.3 Å². The fraction of sp³-hybridized carbons (Fsp3) is 0.278. The standard InChI is InChI=1S/C18H21N3O2/c1-11-7-16-17(8-12(11)2)21(9-15(23)10-22)18(20-16)13-3-5-14(19)6-4-13/h3-8,15,22-23H,9-10,19H2,1-2H3. The van der Waals surface area contributed by atoms with Crippen molar-refractivity contribution in [3.8, 4) is 11.4 Å². The molecular weight excluding hydrogens is 290 g/mol. The predicted molar refractivity (Wildman–Crippen MR) is 92.1 cm³/mol. The van der Waals surface area contributed by atoms with Crippen molar-refractivity contribution in [1.82, 2.24) is 9.55 Å². The molecule has 0 saturated carbocycles. The Morgan fingerprint density at radius 1 is 1.13 bits per heavy atom. The number of nitrogen functional groups attached to an aromatic ring is 1. The van der Waals surface area contributed by atoms with Crippen LogP contribution in [0.15, 0.2) is 36.4 Å². The highest BCUT2D eigenvalue weighted by atomic mass is 16.3. The van der Waals surface area contributed by atoms with Gasteiger partial charge in [-0.2, -0.15) is 0 Å². The number of nitrogens with zero attached hydrogens (tertiary/aromatic N) is 2. The van der Waals surface area contributed by atoms with E-state index < -0.39 is 6.10 Å². The Labute approximate surface area is 135 Å². The average Bonchev–Trinajstić information content (AvgIpc) is 2.86. The van der Waals surface area contributed by atoms with Gasteiger partial charge in [0.05, 0.1) is 30.3 Å². The van der Waals surface area contributed by atoms with Crippen molar-refractivity contribution in [1.29, 1.82) is 0 Å². The quantitative estimate of drug-likeness (QED) is 0.645. The lowest BCUT2D eigenvalue weighted by atomic mass is 10.1. The third-order valence-corrected chi connectivity index (χ3v) is 4.14. The maximum absolute atomic E-state index is 9.91. The Morgan fingerprint density at radius 3 is 2.43 bits per heavy atom. The largest absolute Gasteiger partial charge is 0.399 e. The minimum atomic E-state index is -0.832. The maximum Gasteiger partial charge on any atom is 0.141 e. The van der Waals surface area contributed by atoms with E-state index in [4.69, 9.17) is 10.7 Å². The number of aliphatic hydroxyl groups excluding tert-OH is 2. The first-order valence-electron chi connectivity index (χ1n) is 7.62. The summed E-state index contributed by atoms with van der Waals surface area (Å²) in [7, 11) is 0. The fourth-order valence-corrected chi connectivity index (χ4v) is 2.69. The molecule has 0 bridgehead atoms. The monoisotopic (exact) mass is 311 g/mol. The van der Waals surface area contributed by atoms with Gasteiger partial charge in [-0.05, 0) is 61.4 Å². The van der Waals surface area contributed by atoms with E-state index in [-0.39, 0.29) is 13.2 Å². The molecule has 4 N–H and O–H groups in total. The van der Waals surface area contributed by atoms with Gasteiger partial charge in [0.25, 0.3) is 0 Å². The van der Waals surface area contributed by atoms with Crippen molar-refractivity contribution < 1.29 is 10.2 Å². The van der Waals surface area contributed by atoms with Crippen molar-refractivity contribution in [2.75, 3.05) is 12.3 Å². The van der Waals surface area contributed by atoms with Gasteiger partial charge in [-0.15, -0.1) is 0 Å². The van der Waals surface area contributed by atoms with Crippen LogP contribution in [0.25, 0.3) is 22.4 Å². The molecule has 0 aliphatic rings. The average molecular weight is 311 g/mol. The molecule has 1 atom stereocenters. The third-order valence-electron chi connectivity index (χ3n) is 4.14. The summed E-state index contributed by atoms with van der Waals surface area (Å²) in [5.41, 5.74) is 11.6. The number of benzene rings is 2. The molecule has 0 saturated heterocycles. The zero-order valence-electron chi connectivity index (χ0n) is 13.3. The second-order valence-corrected chi connectivity index (χ2v) is 5.93. The summed E-state index contributed by atoms with van der Waals surface area (Å²) >= 11 is 0. The molecule has 3 rings (SSSR count). The van der Waals surface area contributed by atoms with E-state index in [2.05, 4.69) is 19.9 Å². The van der Waals surface area contributed by atoms with Crippen LogP contribution >= 0.6 is 0 Å². The highest BCUT2D eigenvalue weighted by Crippen LogP contribution is 2.27. The predicted octanol–water partition coefficient (Wildman–Crippen LogP) is 2.26. The SMILES string of the molecule is Cc1cc2nc(-c3ccc(N)cc3)n(CC(O)CO)c2cc1C. The number of nitrogens with two attached hydrogens (primary N) is 1. The summed E-state index contributed by atoms with van der Waals surface area (Å²) < 4.78 is 1.95. The molecule has 120 valence electrons. The van der Waals surface area contributed by atoms with Gasteiger partial charge in [-0.3, -0.25) is 0 Å². The first-order valence-corrected chi connectivity index (χ1v) is 7.62. The Hall–Kier alpha value is -2.37. The lowest BCUT2D eigenvalue weighted by Gasteiger charge is -2.13. The van der Waals surface area contributed by atoms with E-state index in [0.717, 1.165) is 22.4 Å². The van der Waals surface area contributed by atoms with Crippen LogP contribution in [0.3, 0.4) is 0 Å². The molecular formula is C18H21N3O2. The molecule has 3 aromatic rings. The number of anilines is 1. The molecule has 0 spiro atoms. The molecule has 0 fully saturated rings. The summed E-state index contributed by atoms with van der Waals surface area (Å²) in [6, 6.07) is 11.6. The topological polar surface area (TPSA) is 84.3 Å². The van der Waals surface area contributed by atoms with E-state index >= 15 is 0 Å². The summed E-state index contributed by atoms with van der Waals surface area (Å²) in [4.78, 5) is 4.73. The smallest absolute Gasteiger partial charge is 0.141 e. The number of aliphatic hydroxyl groups is 2. The molecule has 0 aliphatic heterocycles. The van der Waals surface area contributed by atoms with Crippen molar-refractivity contribution in [2.45, 2.75) is 26.5 Å². The molecule has 2 aromatic carbocycles. The summed E-state index contributed by atoms with van der Waals surface area (Å²) in [6.07, 6.45) is -0.832. The van der Waals surface area contributed by atoms with Crippen LogP contribution in [0.5, 0.6) is 0 Å². The molecule has 1 unspecified atom stereocenters. The molecule has 23 heavy (non-hydrogen) atoms. The molecule has 5 heteroatoms. The van der Waals surface area contributed by atoms with Gasteiger partial charge in [-0.25, -0.2) is 4.98 Å². The number of aromatic nitrogens is 2. The molecule has 0 aliphatic carbocycles. The van der Waals surface area contributed by atoms with Gasteiger partial charge in [0.15, 0.2) is 0 Å². The zero-order chi connectivity index (χ0) is 16.6. The van der Waals surface area contributed by atoms with E-state index in [0.29, 0.717) is 5.69 Å². The molecule has 0 amide bonds. The van der Waals surface area contributed by atoms with E-state index in [1.807, 2.05) is 34.9 Å². The number of hydrogen-bond acceptors (Lipinski definition) is 4. The minimum absolute atomic E-state index is 0.286. The number of aryl methyl sites for hydroxylation is 2. The number of imidazole rings is 1. The van der Waals surface area contributed by atoms with Crippen molar-refractivity contribution in [2.24, 2.45) is 0 Å². The van der Waals surface area contributed by atoms with Gasteiger partial charge in [0.1, 0.15) is 5.82 Å². The Kier molecular flexibility index (Phi) is 4.07. The second-order valence-electron chi connectivity index (χ2n) is 5.93. The zero-order valence-corrected chi connectivity index (χ0v) is 13.3. The van der Waals surface area contributed by atoms with E-state index in [1.54, 1.807) is 0 Å². The number of fused-ring (bicyclic) bond motifs is 1. The Bertz CT molecular complexity index is 838. The highest BCUT2D eigenvalue weighted by molar-refractivity contribution is 5.82. The van der Waals surface area contributed by atoms with Crippen LogP contribution in [0, 0.1) is 13.8 Å². The van der Waals surface area contributed by atoms with Crippen molar-refractivity contribution in [3.63, 3.8) is 0 Å². The summed E-state index contributed by atoms with van der Waals surface area (Å²) in [5, 5.41) is 19.1. The van der Waals surface area contributed by atoms with Crippen molar-refractivity contribution in [3.05, 3.63) is 47.5 Å².